The lowest BCUT2D eigenvalue weighted by Gasteiger charge is -2.48. The second kappa shape index (κ2) is 7.44. The molecule has 0 aromatic heterocycles. The second-order valence-electron chi connectivity index (χ2n) is 7.46. The van der Waals surface area contributed by atoms with Crippen LogP contribution in [0.5, 0.6) is 0 Å². The summed E-state index contributed by atoms with van der Waals surface area (Å²) < 4.78 is 19.6. The predicted molar refractivity (Wildman–Crippen MR) is 100 cm³/mol. The quantitative estimate of drug-likeness (QED) is 0.549. The molecule has 1 heterocycles. The van der Waals surface area contributed by atoms with Gasteiger partial charge >= 0.3 is 0 Å². The number of rotatable bonds is 1. The number of ether oxygens (including phenoxy) is 1. The fourth-order valence-electron chi connectivity index (χ4n) is 3.35. The normalized spacial score (nSPS) is 24.9. The van der Waals surface area contributed by atoms with Crippen LogP contribution >= 0.6 is 0 Å². The minimum absolute atomic E-state index is 0.0383. The lowest BCUT2D eigenvalue weighted by atomic mass is 9.69. The van der Waals surface area contributed by atoms with Crippen molar-refractivity contribution in [1.29, 1.82) is 0 Å². The Bertz CT molecular complexity index is 672. The van der Waals surface area contributed by atoms with Gasteiger partial charge in [0.1, 0.15) is 5.82 Å². The largest absolute Gasteiger partial charge is 0.495 e. The van der Waals surface area contributed by atoms with E-state index < -0.39 is 0 Å². The highest BCUT2D eigenvalue weighted by Crippen LogP contribution is 2.49. The van der Waals surface area contributed by atoms with E-state index in [0.717, 1.165) is 31.2 Å². The number of aliphatic hydroxyl groups excluding tert-OH is 1. The van der Waals surface area contributed by atoms with Crippen molar-refractivity contribution in [3.8, 4) is 0 Å². The van der Waals surface area contributed by atoms with Crippen molar-refractivity contribution in [1.82, 2.24) is 0 Å². The maximum atomic E-state index is 13.2. The number of halogens is 1. The maximum absolute atomic E-state index is 13.2. The van der Waals surface area contributed by atoms with Crippen molar-refractivity contribution in [2.24, 2.45) is 11.1 Å². The Hall–Kier alpha value is -2.07. The first kappa shape index (κ1) is 19.3. The number of benzene rings is 1. The number of nitrogens with two attached hydrogens (primary N) is 1. The Balaban J connectivity index is 0.000000511. The maximum Gasteiger partial charge on any atom is 0.173 e. The van der Waals surface area contributed by atoms with Gasteiger partial charge in [0.15, 0.2) is 5.88 Å². The molecule has 3 N–H and O–H groups in total. The van der Waals surface area contributed by atoms with E-state index >= 15 is 0 Å². The molecule has 4 heteroatoms. The van der Waals surface area contributed by atoms with Crippen LogP contribution in [0.1, 0.15) is 45.1 Å². The highest BCUT2D eigenvalue weighted by molar-refractivity contribution is 5.73. The molecule has 1 unspecified atom stereocenters. The molecule has 1 atom stereocenters. The second-order valence-corrected chi connectivity index (χ2v) is 7.46. The molecule has 2 aliphatic rings. The lowest BCUT2D eigenvalue weighted by molar-refractivity contribution is -0.0675. The molecule has 136 valence electrons. The molecule has 3 rings (SSSR count). The monoisotopic (exact) mass is 345 g/mol. The highest BCUT2D eigenvalue weighted by Gasteiger charge is 2.45. The zero-order chi connectivity index (χ0) is 18.7. The third-order valence-corrected chi connectivity index (χ3v) is 4.94. The average Bonchev–Trinajstić information content (AvgIpc) is 2.53. The fourth-order valence-corrected chi connectivity index (χ4v) is 3.35. The summed E-state index contributed by atoms with van der Waals surface area (Å²) in [7, 11) is 0. The average molecular weight is 345 g/mol. The summed E-state index contributed by atoms with van der Waals surface area (Å²) in [4.78, 5) is 0. The molecule has 1 fully saturated rings. The molecule has 1 spiro atoms. The molecule has 25 heavy (non-hydrogen) atoms. The van der Waals surface area contributed by atoms with E-state index in [-0.39, 0.29) is 22.7 Å². The molecule has 0 bridgehead atoms. The van der Waals surface area contributed by atoms with Crippen LogP contribution in [0.2, 0.25) is 0 Å². The van der Waals surface area contributed by atoms with Gasteiger partial charge in [0.25, 0.3) is 0 Å². The minimum atomic E-state index is -0.333. The first-order valence-electron chi connectivity index (χ1n) is 8.58. The Morgan fingerprint density at radius 1 is 1.28 bits per heavy atom. The minimum Gasteiger partial charge on any atom is -0.495 e. The van der Waals surface area contributed by atoms with Gasteiger partial charge in [0.2, 0.25) is 0 Å². The van der Waals surface area contributed by atoms with E-state index in [1.165, 1.54) is 23.3 Å². The van der Waals surface area contributed by atoms with Crippen LogP contribution in [0.15, 0.2) is 55.0 Å². The van der Waals surface area contributed by atoms with E-state index in [4.69, 9.17) is 9.84 Å². The summed E-state index contributed by atoms with van der Waals surface area (Å²) >= 11 is 0. The van der Waals surface area contributed by atoms with Crippen molar-refractivity contribution < 1.29 is 14.2 Å². The first-order chi connectivity index (χ1) is 11.7. The molecule has 0 saturated carbocycles. The molecule has 1 aromatic rings. The molecular formula is C21H28FNO2. The number of hydrogen-bond acceptors (Lipinski definition) is 3. The van der Waals surface area contributed by atoms with Gasteiger partial charge in [-0.25, -0.2) is 4.39 Å². The van der Waals surface area contributed by atoms with Crippen molar-refractivity contribution in [3.05, 3.63) is 66.3 Å². The van der Waals surface area contributed by atoms with E-state index in [1.807, 2.05) is 12.1 Å². The van der Waals surface area contributed by atoms with E-state index in [1.54, 1.807) is 0 Å². The van der Waals surface area contributed by atoms with Crippen molar-refractivity contribution >= 4 is 5.57 Å². The van der Waals surface area contributed by atoms with Gasteiger partial charge in [-0.1, -0.05) is 44.2 Å². The summed E-state index contributed by atoms with van der Waals surface area (Å²) in [5, 5.41) is 7.64. The lowest BCUT2D eigenvalue weighted by Crippen LogP contribution is -2.45. The third kappa shape index (κ3) is 4.51. The van der Waals surface area contributed by atoms with Gasteiger partial charge in [-0.15, -0.1) is 0 Å². The molecule has 3 nitrogen and oxygen atoms in total. The SMILES string of the molecule is C=C(N)O.C=C1CC2(CCCC=C2c2ccc(F)cc2)OCC1(C)C. The topological polar surface area (TPSA) is 55.5 Å². The van der Waals surface area contributed by atoms with Crippen LogP contribution in [0, 0.1) is 11.2 Å². The van der Waals surface area contributed by atoms with Gasteiger partial charge in [-0.3, -0.25) is 0 Å². The van der Waals surface area contributed by atoms with Crippen LogP contribution in [0.25, 0.3) is 5.57 Å². The zero-order valence-corrected chi connectivity index (χ0v) is 15.1. The standard InChI is InChI=1S/C19H23FO.C2H5NO/c1-14-12-19(21-13-18(14,2)3)11-5-4-6-17(19)15-7-9-16(20)10-8-15;1-2(3)4/h6-10H,1,4-5,11-13H2,2-3H3;4H,1,3H2. The van der Waals surface area contributed by atoms with Gasteiger partial charge in [0, 0.05) is 11.8 Å². The Kier molecular flexibility index (Phi) is 5.73. The molecule has 1 aliphatic carbocycles. The Morgan fingerprint density at radius 3 is 2.44 bits per heavy atom. The molecule has 1 aromatic carbocycles. The smallest absolute Gasteiger partial charge is 0.173 e. The van der Waals surface area contributed by atoms with Gasteiger partial charge in [0.05, 0.1) is 12.2 Å². The number of allylic oxidation sites excluding steroid dienone is 1. The molecule has 0 radical (unpaired) electrons. The fraction of sp³-hybridized carbons (Fsp3) is 0.429. The molecule has 1 aliphatic heterocycles. The Labute approximate surface area is 149 Å². The van der Waals surface area contributed by atoms with Crippen molar-refractivity contribution in [3.63, 3.8) is 0 Å². The van der Waals surface area contributed by atoms with Crippen LogP contribution in [0.4, 0.5) is 4.39 Å². The van der Waals surface area contributed by atoms with Crippen LogP contribution in [-0.4, -0.2) is 17.3 Å². The van der Waals surface area contributed by atoms with Gasteiger partial charge in [-0.05, 0) is 49.1 Å². The summed E-state index contributed by atoms with van der Waals surface area (Å²) in [6.07, 6.45) is 6.35. The Morgan fingerprint density at radius 2 is 1.88 bits per heavy atom. The summed E-state index contributed by atoms with van der Waals surface area (Å²) in [5.41, 5.74) is 7.79. The highest BCUT2D eigenvalue weighted by atomic mass is 19.1. The third-order valence-electron chi connectivity index (χ3n) is 4.94. The number of aliphatic hydroxyl groups is 1. The molecule has 1 saturated heterocycles. The van der Waals surface area contributed by atoms with Crippen LogP contribution in [-0.2, 0) is 4.74 Å². The summed E-state index contributed by atoms with van der Waals surface area (Å²) in [6.45, 7) is 12.3. The number of hydrogen-bond donors (Lipinski definition) is 2. The van der Waals surface area contributed by atoms with Gasteiger partial charge < -0.3 is 15.6 Å². The van der Waals surface area contributed by atoms with E-state index in [9.17, 15) is 4.39 Å². The van der Waals surface area contributed by atoms with Crippen molar-refractivity contribution in [2.45, 2.75) is 45.1 Å². The molecule has 0 amide bonds. The first-order valence-corrected chi connectivity index (χ1v) is 8.58. The van der Waals surface area contributed by atoms with Gasteiger partial charge in [-0.2, -0.15) is 0 Å². The van der Waals surface area contributed by atoms with Crippen LogP contribution < -0.4 is 5.73 Å². The predicted octanol–water partition coefficient (Wildman–Crippen LogP) is 5.11. The molecular weight excluding hydrogens is 317 g/mol. The summed E-state index contributed by atoms with van der Waals surface area (Å²) in [6, 6.07) is 6.78. The van der Waals surface area contributed by atoms with E-state index in [0.29, 0.717) is 6.61 Å². The van der Waals surface area contributed by atoms with Crippen LogP contribution in [0.3, 0.4) is 0 Å². The van der Waals surface area contributed by atoms with E-state index in [2.05, 4.69) is 38.8 Å². The zero-order valence-electron chi connectivity index (χ0n) is 15.1. The van der Waals surface area contributed by atoms with Crippen molar-refractivity contribution in [2.75, 3.05) is 6.61 Å². The summed E-state index contributed by atoms with van der Waals surface area (Å²) in [5.74, 6) is -0.528.